The highest BCUT2D eigenvalue weighted by atomic mass is 35.5. The molecule has 2 heterocycles. The molecule has 3 nitrogen and oxygen atoms in total. The molecule has 0 radical (unpaired) electrons. The number of benzene rings is 1. The van der Waals surface area contributed by atoms with E-state index >= 15 is 0 Å². The average molecular weight is 282 g/mol. The van der Waals surface area contributed by atoms with Crippen molar-refractivity contribution in [3.8, 4) is 11.5 Å². The van der Waals surface area contributed by atoms with E-state index in [2.05, 4.69) is 25.2 Å². The van der Waals surface area contributed by atoms with E-state index in [1.165, 1.54) is 24.0 Å². The molecule has 1 N–H and O–H groups in total. The predicted octanol–water partition coefficient (Wildman–Crippen LogP) is 4.01. The van der Waals surface area contributed by atoms with Gasteiger partial charge < -0.3 is 14.8 Å². The van der Waals surface area contributed by atoms with E-state index in [-0.39, 0.29) is 6.79 Å². The second-order valence-electron chi connectivity index (χ2n) is 5.58. The lowest BCUT2D eigenvalue weighted by Gasteiger charge is -2.28. The first-order valence-corrected chi connectivity index (χ1v) is 7.41. The van der Waals surface area contributed by atoms with Gasteiger partial charge in [-0.25, -0.2) is 0 Å². The van der Waals surface area contributed by atoms with Gasteiger partial charge in [0.2, 0.25) is 6.79 Å². The number of ether oxygens (including phenoxy) is 2. The smallest absolute Gasteiger partial charge is 0.231 e. The Labute approximate surface area is 119 Å². The third-order valence-electron chi connectivity index (χ3n) is 3.93. The molecule has 1 fully saturated rings. The normalized spacial score (nSPS) is 22.0. The van der Waals surface area contributed by atoms with Gasteiger partial charge in [-0.1, -0.05) is 31.9 Å². The lowest BCUT2D eigenvalue weighted by atomic mass is 9.88. The zero-order valence-corrected chi connectivity index (χ0v) is 12.2. The van der Waals surface area contributed by atoms with Gasteiger partial charge in [-0.3, -0.25) is 0 Å². The van der Waals surface area contributed by atoms with Crippen molar-refractivity contribution in [3.63, 3.8) is 0 Å². The van der Waals surface area contributed by atoms with Crippen LogP contribution in [0.1, 0.15) is 56.2 Å². The Morgan fingerprint density at radius 1 is 1.26 bits per heavy atom. The van der Waals surface area contributed by atoms with E-state index in [4.69, 9.17) is 21.1 Å². The van der Waals surface area contributed by atoms with Gasteiger partial charge in [0.05, 0.1) is 5.02 Å². The molecule has 0 amide bonds. The molecular formula is C15H20ClNO2. The lowest BCUT2D eigenvalue weighted by Crippen LogP contribution is -2.27. The van der Waals surface area contributed by atoms with Crippen LogP contribution in [0, 0.1) is 0 Å². The number of hydrogen-bond donors (Lipinski definition) is 1. The van der Waals surface area contributed by atoms with E-state index in [9.17, 15) is 0 Å². The molecule has 4 heteroatoms. The molecule has 2 aliphatic heterocycles. The molecule has 1 atom stereocenters. The van der Waals surface area contributed by atoms with Gasteiger partial charge in [0.25, 0.3) is 0 Å². The largest absolute Gasteiger partial charge is 0.453 e. The van der Waals surface area contributed by atoms with Crippen molar-refractivity contribution in [2.24, 2.45) is 0 Å². The first-order valence-electron chi connectivity index (χ1n) is 7.03. The summed E-state index contributed by atoms with van der Waals surface area (Å²) in [4.78, 5) is 0. The van der Waals surface area contributed by atoms with Crippen molar-refractivity contribution < 1.29 is 9.47 Å². The topological polar surface area (TPSA) is 30.5 Å². The molecule has 0 spiro atoms. The van der Waals surface area contributed by atoms with Gasteiger partial charge in [-0.05, 0) is 36.9 Å². The Balaban J connectivity index is 2.09. The second kappa shape index (κ2) is 5.22. The van der Waals surface area contributed by atoms with Gasteiger partial charge in [0, 0.05) is 11.6 Å². The molecule has 104 valence electrons. The molecule has 1 aromatic rings. The summed E-state index contributed by atoms with van der Waals surface area (Å²) in [5.74, 6) is 1.96. The summed E-state index contributed by atoms with van der Waals surface area (Å²) >= 11 is 6.34. The first kappa shape index (κ1) is 13.1. The SMILES string of the molecule is CC(C)c1c(C2CCCCN2)cc(Cl)c2c1OCO2. The number of piperidine rings is 1. The molecule has 0 aliphatic carbocycles. The van der Waals surface area contributed by atoms with Crippen LogP contribution in [-0.2, 0) is 0 Å². The zero-order valence-electron chi connectivity index (χ0n) is 11.5. The minimum Gasteiger partial charge on any atom is -0.453 e. The Hall–Kier alpha value is -0.930. The van der Waals surface area contributed by atoms with E-state index in [1.54, 1.807) is 0 Å². The molecule has 1 unspecified atom stereocenters. The van der Waals surface area contributed by atoms with Gasteiger partial charge in [0.15, 0.2) is 11.5 Å². The lowest BCUT2D eigenvalue weighted by molar-refractivity contribution is 0.173. The van der Waals surface area contributed by atoms with Crippen LogP contribution in [0.25, 0.3) is 0 Å². The van der Waals surface area contributed by atoms with Crippen molar-refractivity contribution >= 4 is 11.6 Å². The molecule has 1 aromatic carbocycles. The number of fused-ring (bicyclic) bond motifs is 1. The van der Waals surface area contributed by atoms with Gasteiger partial charge in [0.1, 0.15) is 0 Å². The van der Waals surface area contributed by atoms with Crippen LogP contribution in [0.3, 0.4) is 0 Å². The minimum atomic E-state index is 0.274. The Kier molecular flexibility index (Phi) is 3.59. The highest BCUT2D eigenvalue weighted by Crippen LogP contribution is 2.48. The molecular weight excluding hydrogens is 262 g/mol. The molecule has 19 heavy (non-hydrogen) atoms. The summed E-state index contributed by atoms with van der Waals surface area (Å²) < 4.78 is 11.2. The molecule has 2 aliphatic rings. The Bertz CT molecular complexity index is 482. The average Bonchev–Trinajstić information content (AvgIpc) is 2.88. The molecule has 3 rings (SSSR count). The van der Waals surface area contributed by atoms with E-state index in [0.717, 1.165) is 18.7 Å². The van der Waals surface area contributed by atoms with Crippen LogP contribution in [0.15, 0.2) is 6.07 Å². The maximum atomic E-state index is 6.34. The fraction of sp³-hybridized carbons (Fsp3) is 0.600. The number of halogens is 1. The summed E-state index contributed by atoms with van der Waals surface area (Å²) in [5, 5.41) is 4.26. The number of rotatable bonds is 2. The summed E-state index contributed by atoms with van der Waals surface area (Å²) in [7, 11) is 0. The summed E-state index contributed by atoms with van der Waals surface area (Å²) in [6, 6.07) is 2.45. The number of nitrogens with one attached hydrogen (secondary N) is 1. The Morgan fingerprint density at radius 2 is 2.05 bits per heavy atom. The maximum absolute atomic E-state index is 6.34. The van der Waals surface area contributed by atoms with Crippen molar-refractivity contribution in [1.82, 2.24) is 5.32 Å². The van der Waals surface area contributed by atoms with Crippen LogP contribution in [0.2, 0.25) is 5.02 Å². The number of hydrogen-bond acceptors (Lipinski definition) is 3. The standard InChI is InChI=1S/C15H20ClNO2/c1-9(2)13-10(12-5-3-4-6-17-12)7-11(16)14-15(13)19-8-18-14/h7,9,12,17H,3-6,8H2,1-2H3. The van der Waals surface area contributed by atoms with E-state index < -0.39 is 0 Å². The van der Waals surface area contributed by atoms with Crippen LogP contribution >= 0.6 is 11.6 Å². The Morgan fingerprint density at radius 3 is 2.74 bits per heavy atom. The van der Waals surface area contributed by atoms with Crippen LogP contribution in [0.4, 0.5) is 0 Å². The molecule has 0 aromatic heterocycles. The fourth-order valence-corrected chi connectivity index (χ4v) is 3.33. The highest BCUT2D eigenvalue weighted by Gasteiger charge is 2.29. The molecule has 0 saturated carbocycles. The fourth-order valence-electron chi connectivity index (χ4n) is 3.07. The van der Waals surface area contributed by atoms with E-state index in [0.29, 0.717) is 22.7 Å². The third kappa shape index (κ3) is 2.30. The van der Waals surface area contributed by atoms with Gasteiger partial charge in [-0.15, -0.1) is 0 Å². The monoisotopic (exact) mass is 281 g/mol. The molecule has 0 bridgehead atoms. The third-order valence-corrected chi connectivity index (χ3v) is 4.21. The molecule has 1 saturated heterocycles. The second-order valence-corrected chi connectivity index (χ2v) is 5.99. The van der Waals surface area contributed by atoms with Crippen molar-refractivity contribution in [2.45, 2.75) is 45.1 Å². The van der Waals surface area contributed by atoms with Crippen molar-refractivity contribution in [2.75, 3.05) is 13.3 Å². The van der Waals surface area contributed by atoms with Crippen molar-refractivity contribution in [3.05, 3.63) is 22.2 Å². The highest BCUT2D eigenvalue weighted by molar-refractivity contribution is 6.32. The summed E-state index contributed by atoms with van der Waals surface area (Å²) in [5.41, 5.74) is 2.53. The summed E-state index contributed by atoms with van der Waals surface area (Å²) in [6.07, 6.45) is 3.68. The van der Waals surface area contributed by atoms with Crippen LogP contribution < -0.4 is 14.8 Å². The van der Waals surface area contributed by atoms with Crippen molar-refractivity contribution in [1.29, 1.82) is 0 Å². The quantitative estimate of drug-likeness (QED) is 0.888. The predicted molar refractivity (Wildman–Crippen MR) is 76.3 cm³/mol. The minimum absolute atomic E-state index is 0.274. The maximum Gasteiger partial charge on any atom is 0.231 e. The van der Waals surface area contributed by atoms with E-state index in [1.807, 2.05) is 0 Å². The van der Waals surface area contributed by atoms with Crippen LogP contribution in [0.5, 0.6) is 11.5 Å². The van der Waals surface area contributed by atoms with Gasteiger partial charge in [-0.2, -0.15) is 0 Å². The van der Waals surface area contributed by atoms with Gasteiger partial charge >= 0.3 is 0 Å². The zero-order chi connectivity index (χ0) is 13.4. The van der Waals surface area contributed by atoms with Crippen LogP contribution in [-0.4, -0.2) is 13.3 Å². The summed E-state index contributed by atoms with van der Waals surface area (Å²) in [6.45, 7) is 5.74. The first-order chi connectivity index (χ1) is 9.18.